The van der Waals surface area contributed by atoms with Crippen molar-refractivity contribution in [2.24, 2.45) is 5.73 Å². The van der Waals surface area contributed by atoms with Gasteiger partial charge in [-0.25, -0.2) is 9.69 Å². The molecule has 1 aliphatic rings. The minimum absolute atomic E-state index is 0.0779. The Bertz CT molecular complexity index is 802. The molecule has 0 saturated heterocycles. The summed E-state index contributed by atoms with van der Waals surface area (Å²) < 4.78 is 0. The van der Waals surface area contributed by atoms with E-state index in [-0.39, 0.29) is 12.2 Å². The molecule has 0 saturated carbocycles. The predicted molar refractivity (Wildman–Crippen MR) is 86.4 cm³/mol. The van der Waals surface area contributed by atoms with E-state index in [0.717, 1.165) is 10.5 Å². The van der Waals surface area contributed by atoms with E-state index in [0.29, 0.717) is 16.3 Å². The lowest BCUT2D eigenvalue weighted by Gasteiger charge is -2.12. The zero-order valence-electron chi connectivity index (χ0n) is 12.0. The molecule has 6 heteroatoms. The van der Waals surface area contributed by atoms with Crippen LogP contribution in [0, 0.1) is 0 Å². The molecule has 1 unspecified atom stereocenters. The second-order valence-corrected chi connectivity index (χ2v) is 5.71. The highest BCUT2D eigenvalue weighted by atomic mass is 35.5. The lowest BCUT2D eigenvalue weighted by atomic mass is 9.92. The van der Waals surface area contributed by atoms with Crippen molar-refractivity contribution in [1.29, 1.82) is 0 Å². The number of nitrogens with zero attached hydrogens (tertiary/aromatic N) is 1. The zero-order valence-corrected chi connectivity index (χ0v) is 12.8. The van der Waals surface area contributed by atoms with Crippen LogP contribution in [-0.4, -0.2) is 17.7 Å². The molecule has 23 heavy (non-hydrogen) atoms. The van der Waals surface area contributed by atoms with Crippen LogP contribution >= 0.6 is 11.6 Å². The number of halogens is 1. The minimum atomic E-state index is -1.01. The normalized spacial score (nSPS) is 16.3. The summed E-state index contributed by atoms with van der Waals surface area (Å²) in [6, 6.07) is 12.6. The molecule has 2 aromatic carbocycles. The lowest BCUT2D eigenvalue weighted by molar-refractivity contribution is -0.127. The second kappa shape index (κ2) is 5.85. The Balaban J connectivity index is 1.93. The van der Waals surface area contributed by atoms with Gasteiger partial charge >= 0.3 is 6.03 Å². The summed E-state index contributed by atoms with van der Waals surface area (Å²) in [5.41, 5.74) is 6.91. The van der Waals surface area contributed by atoms with Gasteiger partial charge in [0.05, 0.1) is 5.69 Å². The van der Waals surface area contributed by atoms with Gasteiger partial charge in [0, 0.05) is 11.4 Å². The second-order valence-electron chi connectivity index (χ2n) is 5.27. The number of urea groups is 1. The van der Waals surface area contributed by atoms with Crippen molar-refractivity contribution in [1.82, 2.24) is 0 Å². The number of ketones is 1. The molecule has 0 radical (unpaired) electrons. The van der Waals surface area contributed by atoms with Crippen LogP contribution in [0.5, 0.6) is 0 Å². The van der Waals surface area contributed by atoms with Crippen LogP contribution in [0.4, 0.5) is 10.5 Å². The molecule has 0 aliphatic carbocycles. The van der Waals surface area contributed by atoms with E-state index in [1.807, 2.05) is 0 Å². The molecule has 1 heterocycles. The van der Waals surface area contributed by atoms with Gasteiger partial charge in [-0.2, -0.15) is 0 Å². The first kappa shape index (κ1) is 15.2. The van der Waals surface area contributed by atoms with Crippen molar-refractivity contribution in [3.05, 3.63) is 64.7 Å². The number of amides is 3. The molecule has 5 nitrogen and oxygen atoms in total. The summed E-state index contributed by atoms with van der Waals surface area (Å²) in [6.07, 6.45) is 0.0779. The first-order valence-electron chi connectivity index (χ1n) is 6.98. The highest BCUT2D eigenvalue weighted by Gasteiger charge is 2.43. The van der Waals surface area contributed by atoms with Crippen molar-refractivity contribution < 1.29 is 14.4 Å². The first-order valence-corrected chi connectivity index (χ1v) is 7.36. The molecular weight excluding hydrogens is 316 g/mol. The quantitative estimate of drug-likeness (QED) is 0.879. The van der Waals surface area contributed by atoms with E-state index in [1.54, 1.807) is 48.5 Å². The number of imide groups is 1. The van der Waals surface area contributed by atoms with Crippen LogP contribution in [0.3, 0.4) is 0 Å². The van der Waals surface area contributed by atoms with Crippen molar-refractivity contribution in [3.63, 3.8) is 0 Å². The summed E-state index contributed by atoms with van der Waals surface area (Å²) in [7, 11) is 0. The average molecular weight is 329 g/mol. The Morgan fingerprint density at radius 2 is 1.74 bits per heavy atom. The Morgan fingerprint density at radius 3 is 2.39 bits per heavy atom. The molecule has 3 rings (SSSR count). The van der Waals surface area contributed by atoms with E-state index >= 15 is 0 Å². The van der Waals surface area contributed by atoms with Crippen LogP contribution in [0.1, 0.15) is 17.0 Å². The molecule has 2 aromatic rings. The highest BCUT2D eigenvalue weighted by Crippen LogP contribution is 2.38. The number of hydrogen-bond donors (Lipinski definition) is 1. The Kier molecular flexibility index (Phi) is 3.88. The molecule has 2 N–H and O–H groups in total. The molecule has 0 fully saturated rings. The summed E-state index contributed by atoms with van der Waals surface area (Å²) in [5.74, 6) is -1.89. The van der Waals surface area contributed by atoms with Crippen molar-refractivity contribution in [2.75, 3.05) is 4.90 Å². The smallest absolute Gasteiger partial charge is 0.326 e. The zero-order chi connectivity index (χ0) is 16.6. The minimum Gasteiger partial charge on any atom is -0.351 e. The average Bonchev–Trinajstić information content (AvgIpc) is 2.81. The summed E-state index contributed by atoms with van der Waals surface area (Å²) in [6.45, 7) is 0. The van der Waals surface area contributed by atoms with E-state index in [4.69, 9.17) is 17.3 Å². The van der Waals surface area contributed by atoms with Gasteiger partial charge in [0.1, 0.15) is 5.92 Å². The topological polar surface area (TPSA) is 80.5 Å². The molecule has 3 amide bonds. The van der Waals surface area contributed by atoms with Crippen LogP contribution in [0.25, 0.3) is 0 Å². The molecule has 0 aromatic heterocycles. The fourth-order valence-electron chi connectivity index (χ4n) is 2.76. The molecule has 0 spiro atoms. The summed E-state index contributed by atoms with van der Waals surface area (Å²) in [5, 5.41) is 0.573. The van der Waals surface area contributed by atoms with Gasteiger partial charge in [0.15, 0.2) is 5.78 Å². The molecule has 1 aliphatic heterocycles. The molecular formula is C17H13ClN2O3. The van der Waals surface area contributed by atoms with Crippen LogP contribution in [0.2, 0.25) is 5.02 Å². The number of primary amides is 1. The van der Waals surface area contributed by atoms with Gasteiger partial charge in [-0.15, -0.1) is 0 Å². The number of anilines is 1. The van der Waals surface area contributed by atoms with Gasteiger partial charge in [-0.05, 0) is 29.3 Å². The van der Waals surface area contributed by atoms with Crippen molar-refractivity contribution in [2.45, 2.75) is 12.3 Å². The summed E-state index contributed by atoms with van der Waals surface area (Å²) in [4.78, 5) is 37.5. The fraction of sp³-hybridized carbons (Fsp3) is 0.118. The number of carbonyl (C=O) groups is 3. The number of hydrogen-bond acceptors (Lipinski definition) is 3. The Morgan fingerprint density at radius 1 is 1.09 bits per heavy atom. The number of carbonyl (C=O) groups excluding carboxylic acids is 3. The number of fused-ring (bicyclic) bond motifs is 1. The maximum absolute atomic E-state index is 12.6. The standard InChI is InChI=1S/C17H13ClN2O3/c18-11-7-5-10(6-8-11)9-14(21)15-12-3-1-2-4-13(12)20(16(15)22)17(19)23/h1-8,15H,9H2,(H2,19,23). The van der Waals surface area contributed by atoms with Crippen molar-refractivity contribution in [3.8, 4) is 0 Å². The third-order valence-electron chi connectivity index (χ3n) is 3.79. The Labute approximate surface area is 137 Å². The highest BCUT2D eigenvalue weighted by molar-refractivity contribution is 6.30. The lowest BCUT2D eigenvalue weighted by Crippen LogP contribution is -2.40. The van der Waals surface area contributed by atoms with Gasteiger partial charge in [-0.3, -0.25) is 9.59 Å². The molecule has 0 bridgehead atoms. The first-order chi connectivity index (χ1) is 11.0. The third kappa shape index (κ3) is 2.71. The SMILES string of the molecule is NC(=O)N1C(=O)C(C(=O)Cc2ccc(Cl)cc2)c2ccccc21. The van der Waals surface area contributed by atoms with Gasteiger partial charge < -0.3 is 5.73 Å². The van der Waals surface area contributed by atoms with E-state index < -0.39 is 17.9 Å². The number of rotatable bonds is 3. The molecule has 116 valence electrons. The number of benzene rings is 2. The fourth-order valence-corrected chi connectivity index (χ4v) is 2.89. The van der Waals surface area contributed by atoms with Gasteiger partial charge in [-0.1, -0.05) is 41.9 Å². The maximum Gasteiger partial charge on any atom is 0.326 e. The number of para-hydroxylation sites is 1. The maximum atomic E-state index is 12.6. The largest absolute Gasteiger partial charge is 0.351 e. The van der Waals surface area contributed by atoms with E-state index in [9.17, 15) is 14.4 Å². The van der Waals surface area contributed by atoms with E-state index in [2.05, 4.69) is 0 Å². The third-order valence-corrected chi connectivity index (χ3v) is 4.04. The monoisotopic (exact) mass is 328 g/mol. The van der Waals surface area contributed by atoms with Crippen LogP contribution in [0.15, 0.2) is 48.5 Å². The number of Topliss-reactive ketones (excluding diaryl/α,β-unsaturated/α-hetero) is 1. The Hall–Kier alpha value is -2.66. The number of nitrogens with two attached hydrogens (primary N) is 1. The van der Waals surface area contributed by atoms with Crippen molar-refractivity contribution >= 4 is 35.0 Å². The van der Waals surface area contributed by atoms with Gasteiger partial charge in [0.25, 0.3) is 0 Å². The van der Waals surface area contributed by atoms with Crippen LogP contribution < -0.4 is 10.6 Å². The van der Waals surface area contributed by atoms with Crippen LogP contribution in [-0.2, 0) is 16.0 Å². The van der Waals surface area contributed by atoms with E-state index in [1.165, 1.54) is 0 Å². The van der Waals surface area contributed by atoms with Gasteiger partial charge in [0.2, 0.25) is 5.91 Å². The predicted octanol–water partition coefficient (Wildman–Crippen LogP) is 2.66. The summed E-state index contributed by atoms with van der Waals surface area (Å²) >= 11 is 5.82. The molecule has 1 atom stereocenters.